The number of benzene rings is 1. The summed E-state index contributed by atoms with van der Waals surface area (Å²) in [4.78, 5) is 4.19. The first kappa shape index (κ1) is 18.1. The SMILES string of the molecule is Cc1cncc(C(C)(O)c2ccc(B3OC(C)(C)C(C)(C)O3)cc2)c1. The van der Waals surface area contributed by atoms with E-state index in [0.717, 1.165) is 22.2 Å². The molecule has 25 heavy (non-hydrogen) atoms. The molecule has 0 spiro atoms. The quantitative estimate of drug-likeness (QED) is 0.874. The van der Waals surface area contributed by atoms with Crippen molar-refractivity contribution in [3.63, 3.8) is 0 Å². The molecule has 2 aromatic rings. The van der Waals surface area contributed by atoms with Gasteiger partial charge in [0.15, 0.2) is 0 Å². The van der Waals surface area contributed by atoms with Crippen LogP contribution < -0.4 is 5.46 Å². The van der Waals surface area contributed by atoms with E-state index in [9.17, 15) is 5.11 Å². The zero-order chi connectivity index (χ0) is 18.5. The molecule has 2 heterocycles. The van der Waals surface area contributed by atoms with Gasteiger partial charge in [-0.15, -0.1) is 0 Å². The van der Waals surface area contributed by atoms with Crippen LogP contribution in [0.25, 0.3) is 0 Å². The molecule has 1 N–H and O–H groups in total. The summed E-state index contributed by atoms with van der Waals surface area (Å²) in [5, 5.41) is 11.0. The highest BCUT2D eigenvalue weighted by Crippen LogP contribution is 2.36. The van der Waals surface area contributed by atoms with Crippen LogP contribution in [0.15, 0.2) is 42.7 Å². The second-order valence-electron chi connectivity index (χ2n) is 8.03. The Morgan fingerprint density at radius 1 is 0.960 bits per heavy atom. The van der Waals surface area contributed by atoms with E-state index < -0.39 is 12.7 Å². The zero-order valence-electron chi connectivity index (χ0n) is 15.8. The number of aryl methyl sites for hydroxylation is 1. The number of hydrogen-bond acceptors (Lipinski definition) is 4. The van der Waals surface area contributed by atoms with Gasteiger partial charge >= 0.3 is 7.12 Å². The lowest BCUT2D eigenvalue weighted by Gasteiger charge is -2.32. The molecule has 0 saturated carbocycles. The van der Waals surface area contributed by atoms with Gasteiger partial charge < -0.3 is 14.4 Å². The van der Waals surface area contributed by atoms with Gasteiger partial charge in [-0.25, -0.2) is 0 Å². The van der Waals surface area contributed by atoms with Crippen LogP contribution in [0.5, 0.6) is 0 Å². The molecule has 1 aromatic heterocycles. The van der Waals surface area contributed by atoms with E-state index in [0.29, 0.717) is 0 Å². The van der Waals surface area contributed by atoms with E-state index in [-0.39, 0.29) is 11.2 Å². The smallest absolute Gasteiger partial charge is 0.399 e. The summed E-state index contributed by atoms with van der Waals surface area (Å²) < 4.78 is 12.2. The van der Waals surface area contributed by atoms with E-state index in [1.807, 2.05) is 65.0 Å². The van der Waals surface area contributed by atoms with Crippen LogP contribution in [0.1, 0.15) is 51.3 Å². The molecule has 1 aliphatic rings. The van der Waals surface area contributed by atoms with Crippen LogP contribution >= 0.6 is 0 Å². The second-order valence-corrected chi connectivity index (χ2v) is 8.03. The van der Waals surface area contributed by atoms with E-state index in [1.165, 1.54) is 0 Å². The lowest BCUT2D eigenvalue weighted by molar-refractivity contribution is 0.00578. The normalized spacial score (nSPS) is 21.2. The monoisotopic (exact) mass is 339 g/mol. The van der Waals surface area contributed by atoms with Gasteiger partial charge in [0.2, 0.25) is 0 Å². The summed E-state index contributed by atoms with van der Waals surface area (Å²) in [6.45, 7) is 11.9. The van der Waals surface area contributed by atoms with Crippen molar-refractivity contribution in [2.45, 2.75) is 58.3 Å². The van der Waals surface area contributed by atoms with Crippen LogP contribution in [-0.4, -0.2) is 28.4 Å². The Kier molecular flexibility index (Phi) is 4.30. The van der Waals surface area contributed by atoms with Crippen LogP contribution in [0.4, 0.5) is 0 Å². The molecule has 4 nitrogen and oxygen atoms in total. The van der Waals surface area contributed by atoms with Crippen molar-refractivity contribution >= 4 is 12.6 Å². The molecule has 0 amide bonds. The lowest BCUT2D eigenvalue weighted by atomic mass is 9.77. The molecule has 0 bridgehead atoms. The minimum absolute atomic E-state index is 0.366. The van der Waals surface area contributed by atoms with Crippen molar-refractivity contribution in [2.24, 2.45) is 0 Å². The van der Waals surface area contributed by atoms with Gasteiger partial charge in [-0.1, -0.05) is 24.3 Å². The molecule has 1 unspecified atom stereocenters. The Balaban J connectivity index is 1.86. The maximum absolute atomic E-state index is 11.0. The molecular formula is C20H26BNO3. The van der Waals surface area contributed by atoms with Crippen LogP contribution in [0.2, 0.25) is 0 Å². The van der Waals surface area contributed by atoms with Gasteiger partial charge in [-0.2, -0.15) is 0 Å². The van der Waals surface area contributed by atoms with Crippen LogP contribution in [0.3, 0.4) is 0 Å². The molecule has 3 rings (SSSR count). The van der Waals surface area contributed by atoms with Gasteiger partial charge in [0.25, 0.3) is 0 Å². The molecule has 0 radical (unpaired) electrons. The average Bonchev–Trinajstić information content (AvgIpc) is 2.75. The third-order valence-corrected chi connectivity index (χ3v) is 5.44. The fourth-order valence-electron chi connectivity index (χ4n) is 2.93. The number of nitrogens with zero attached hydrogens (tertiary/aromatic N) is 1. The number of pyridine rings is 1. The number of aliphatic hydroxyl groups is 1. The minimum atomic E-state index is -1.10. The third-order valence-electron chi connectivity index (χ3n) is 5.44. The fraction of sp³-hybridized carbons (Fsp3) is 0.450. The molecule has 1 atom stereocenters. The highest BCUT2D eigenvalue weighted by atomic mass is 16.7. The lowest BCUT2D eigenvalue weighted by Crippen LogP contribution is -2.41. The van der Waals surface area contributed by atoms with Crippen LogP contribution in [0, 0.1) is 6.92 Å². The number of aromatic nitrogens is 1. The summed E-state index contributed by atoms with van der Waals surface area (Å²) in [7, 11) is -0.398. The van der Waals surface area contributed by atoms with E-state index in [4.69, 9.17) is 9.31 Å². The predicted molar refractivity (Wildman–Crippen MR) is 99.8 cm³/mol. The van der Waals surface area contributed by atoms with Gasteiger partial charge in [0.05, 0.1) is 11.2 Å². The average molecular weight is 339 g/mol. The Morgan fingerprint density at radius 3 is 2.04 bits per heavy atom. The molecule has 1 saturated heterocycles. The molecule has 5 heteroatoms. The molecule has 1 fully saturated rings. The van der Waals surface area contributed by atoms with E-state index in [1.54, 1.807) is 19.3 Å². The molecular weight excluding hydrogens is 313 g/mol. The van der Waals surface area contributed by atoms with Crippen molar-refractivity contribution in [3.05, 3.63) is 59.4 Å². The summed E-state index contributed by atoms with van der Waals surface area (Å²) in [5.41, 5.74) is 1.71. The van der Waals surface area contributed by atoms with Crippen molar-refractivity contribution in [2.75, 3.05) is 0 Å². The topological polar surface area (TPSA) is 51.6 Å². The van der Waals surface area contributed by atoms with Crippen molar-refractivity contribution < 1.29 is 14.4 Å². The Hall–Kier alpha value is -1.69. The molecule has 132 valence electrons. The zero-order valence-corrected chi connectivity index (χ0v) is 15.8. The molecule has 1 aromatic carbocycles. The van der Waals surface area contributed by atoms with Gasteiger partial charge in [0.1, 0.15) is 5.60 Å². The summed E-state index contributed by atoms with van der Waals surface area (Å²) >= 11 is 0. The first-order chi connectivity index (χ1) is 11.5. The van der Waals surface area contributed by atoms with Gasteiger partial charge in [-0.3, -0.25) is 4.98 Å². The van der Waals surface area contributed by atoms with Gasteiger partial charge in [-0.05, 0) is 64.2 Å². The summed E-state index contributed by atoms with van der Waals surface area (Å²) in [6, 6.07) is 9.70. The molecule has 1 aliphatic heterocycles. The highest BCUT2D eigenvalue weighted by molar-refractivity contribution is 6.62. The molecule has 0 aliphatic carbocycles. The standard InChI is InChI=1S/C20H26BNO3/c1-14-11-16(13-22-12-14)20(6,23)15-7-9-17(10-8-15)21-24-18(2,3)19(4,5)25-21/h7-13,23H,1-6H3. The first-order valence-electron chi connectivity index (χ1n) is 8.63. The largest absolute Gasteiger partial charge is 0.494 e. The van der Waals surface area contributed by atoms with E-state index >= 15 is 0 Å². The van der Waals surface area contributed by atoms with Crippen molar-refractivity contribution in [3.8, 4) is 0 Å². The number of rotatable bonds is 3. The summed E-state index contributed by atoms with van der Waals surface area (Å²) in [6.07, 6.45) is 3.48. The van der Waals surface area contributed by atoms with E-state index in [2.05, 4.69) is 4.98 Å². The van der Waals surface area contributed by atoms with Crippen LogP contribution in [-0.2, 0) is 14.9 Å². The fourth-order valence-corrected chi connectivity index (χ4v) is 2.93. The second kappa shape index (κ2) is 5.94. The maximum atomic E-state index is 11.0. The Morgan fingerprint density at radius 2 is 1.52 bits per heavy atom. The third kappa shape index (κ3) is 3.24. The Bertz CT molecular complexity index is 753. The van der Waals surface area contributed by atoms with Crippen molar-refractivity contribution in [1.29, 1.82) is 0 Å². The highest BCUT2D eigenvalue weighted by Gasteiger charge is 2.51. The number of hydrogen-bond donors (Lipinski definition) is 1. The van der Waals surface area contributed by atoms with Crippen molar-refractivity contribution in [1.82, 2.24) is 4.98 Å². The summed E-state index contributed by atoms with van der Waals surface area (Å²) in [5.74, 6) is 0. The minimum Gasteiger partial charge on any atom is -0.399 e. The first-order valence-corrected chi connectivity index (χ1v) is 8.63. The van der Waals surface area contributed by atoms with Gasteiger partial charge in [0, 0.05) is 18.0 Å². The predicted octanol–water partition coefficient (Wildman–Crippen LogP) is 2.95. The maximum Gasteiger partial charge on any atom is 0.494 e. The Labute approximate surface area is 150 Å².